The van der Waals surface area contributed by atoms with Gasteiger partial charge in [0.1, 0.15) is 6.04 Å². The van der Waals surface area contributed by atoms with Gasteiger partial charge in [0.25, 0.3) is 0 Å². The number of amides is 2. The molecule has 0 heterocycles. The zero-order valence-electron chi connectivity index (χ0n) is 22.3. The van der Waals surface area contributed by atoms with Gasteiger partial charge < -0.3 is 38.1 Å². The fourth-order valence-corrected chi connectivity index (χ4v) is 4.01. The van der Waals surface area contributed by atoms with Crippen LogP contribution in [0.1, 0.15) is 31.2 Å². The van der Waals surface area contributed by atoms with Crippen LogP contribution in [0.15, 0.2) is 66.9 Å². The van der Waals surface area contributed by atoms with Crippen LogP contribution in [0.2, 0.25) is 0 Å². The Morgan fingerprint density at radius 2 is 1.38 bits per heavy atom. The van der Waals surface area contributed by atoms with Gasteiger partial charge in [0.15, 0.2) is 11.9 Å². The molecule has 0 saturated carbocycles. The normalized spacial score (nSPS) is 11.9. The third-order valence-electron chi connectivity index (χ3n) is 6.07. The van der Waals surface area contributed by atoms with Gasteiger partial charge in [-0.05, 0) is 42.4 Å². The van der Waals surface area contributed by atoms with Crippen LogP contribution in [0, 0.1) is 10.8 Å². The molecule has 0 fully saturated rings. The standard InChI is InChI=1S/C28H41N9O2/c1-20(24(36-19-38)10-7-17-35-28(31)32)37-25(26(39)33-15-5-6-16-34-27(29)30)18-21-11-13-23(14-12-21)22-8-3-2-4-9-22/h2-4,8-9,11-14,19,24-25,37H,1,5-7,10,15-18H2,(H,33,39)(H,36,38)(H4,29,30,34)(H4,31,32,35)/t24-,25-/m0/s1. The maximum absolute atomic E-state index is 13.2. The molecule has 2 aromatic carbocycles. The van der Waals surface area contributed by atoms with Gasteiger partial charge in [0, 0.05) is 31.8 Å². The first-order chi connectivity index (χ1) is 18.8. The van der Waals surface area contributed by atoms with Gasteiger partial charge in [-0.25, -0.2) is 0 Å². The van der Waals surface area contributed by atoms with E-state index in [1.807, 2.05) is 42.5 Å². The van der Waals surface area contributed by atoms with Crippen LogP contribution in [0.5, 0.6) is 0 Å². The van der Waals surface area contributed by atoms with Crippen molar-refractivity contribution in [1.82, 2.24) is 26.6 Å². The van der Waals surface area contributed by atoms with E-state index < -0.39 is 12.1 Å². The number of guanidine groups is 2. The lowest BCUT2D eigenvalue weighted by atomic mass is 9.99. The summed E-state index contributed by atoms with van der Waals surface area (Å²) in [4.78, 5) is 24.4. The van der Waals surface area contributed by atoms with E-state index in [0.717, 1.165) is 29.5 Å². The lowest BCUT2D eigenvalue weighted by Gasteiger charge is -2.26. The topological polar surface area (TPSA) is 194 Å². The Labute approximate surface area is 230 Å². The summed E-state index contributed by atoms with van der Waals surface area (Å²) in [6.07, 6.45) is 3.70. The molecule has 0 unspecified atom stereocenters. The first-order valence-corrected chi connectivity index (χ1v) is 13.0. The molecule has 2 atom stereocenters. The van der Waals surface area contributed by atoms with Crippen molar-refractivity contribution in [3.8, 4) is 11.1 Å². The third-order valence-corrected chi connectivity index (χ3v) is 6.07. The Hall–Kier alpha value is -4.54. The van der Waals surface area contributed by atoms with Gasteiger partial charge in [-0.2, -0.15) is 0 Å². The molecule has 0 aliphatic rings. The fourth-order valence-electron chi connectivity index (χ4n) is 4.01. The number of hydrogen-bond acceptors (Lipinski definition) is 5. The quantitative estimate of drug-likeness (QED) is 0.0590. The molecule has 0 aliphatic carbocycles. The van der Waals surface area contributed by atoms with E-state index in [4.69, 9.17) is 22.3 Å². The average molecular weight is 536 g/mol. The van der Waals surface area contributed by atoms with Crippen molar-refractivity contribution in [2.24, 2.45) is 11.5 Å². The first kappa shape index (κ1) is 30.7. The summed E-state index contributed by atoms with van der Waals surface area (Å²) in [5, 5.41) is 28.9. The van der Waals surface area contributed by atoms with Gasteiger partial charge in [0.2, 0.25) is 12.3 Å². The average Bonchev–Trinajstić information content (AvgIpc) is 2.92. The minimum Gasteiger partial charge on any atom is -0.376 e. The van der Waals surface area contributed by atoms with E-state index in [1.165, 1.54) is 0 Å². The Bertz CT molecular complexity index is 1070. The molecule has 0 bridgehead atoms. The highest BCUT2D eigenvalue weighted by Crippen LogP contribution is 2.20. The molecule has 0 aromatic heterocycles. The van der Waals surface area contributed by atoms with E-state index in [2.05, 4.69) is 45.3 Å². The van der Waals surface area contributed by atoms with Gasteiger partial charge in [-0.1, -0.05) is 61.2 Å². The summed E-state index contributed by atoms with van der Waals surface area (Å²) < 4.78 is 0. The van der Waals surface area contributed by atoms with Crippen LogP contribution in [0.3, 0.4) is 0 Å². The number of hydrogen-bond donors (Lipinski definition) is 9. The molecular weight excluding hydrogens is 494 g/mol. The molecule has 11 heteroatoms. The summed E-state index contributed by atoms with van der Waals surface area (Å²) in [5.74, 6) is -0.361. The number of benzene rings is 2. The third kappa shape index (κ3) is 12.0. The van der Waals surface area contributed by atoms with E-state index in [9.17, 15) is 9.59 Å². The van der Waals surface area contributed by atoms with Crippen LogP contribution in [0.25, 0.3) is 11.1 Å². The van der Waals surface area contributed by atoms with Crippen LogP contribution in [-0.2, 0) is 16.0 Å². The van der Waals surface area contributed by atoms with Crippen LogP contribution in [-0.4, -0.2) is 56.0 Å². The molecule has 0 spiro atoms. The summed E-state index contributed by atoms with van der Waals surface area (Å²) in [5.41, 5.74) is 14.3. The van der Waals surface area contributed by atoms with Gasteiger partial charge in [0.05, 0.1) is 6.04 Å². The van der Waals surface area contributed by atoms with E-state index in [-0.39, 0.29) is 17.8 Å². The van der Waals surface area contributed by atoms with Crippen LogP contribution < -0.4 is 38.1 Å². The molecule has 0 radical (unpaired) electrons. The summed E-state index contributed by atoms with van der Waals surface area (Å²) >= 11 is 0. The van der Waals surface area contributed by atoms with Crippen molar-refractivity contribution in [2.75, 3.05) is 19.6 Å². The predicted molar refractivity (Wildman–Crippen MR) is 156 cm³/mol. The Balaban J connectivity index is 2.06. The second kappa shape index (κ2) is 17.1. The number of unbranched alkanes of at least 4 members (excludes halogenated alkanes) is 1. The van der Waals surface area contributed by atoms with Crippen LogP contribution >= 0.6 is 0 Å². The minimum atomic E-state index is -0.610. The Morgan fingerprint density at radius 1 is 0.821 bits per heavy atom. The maximum atomic E-state index is 13.2. The van der Waals surface area contributed by atoms with Crippen LogP contribution in [0.4, 0.5) is 0 Å². The highest BCUT2D eigenvalue weighted by Gasteiger charge is 2.22. The van der Waals surface area contributed by atoms with Crippen molar-refractivity contribution >= 4 is 24.2 Å². The molecule has 39 heavy (non-hydrogen) atoms. The minimum absolute atomic E-state index is 0.0735. The lowest BCUT2D eigenvalue weighted by Crippen LogP contribution is -2.48. The molecule has 11 nitrogen and oxygen atoms in total. The molecular formula is C28H41N9O2. The van der Waals surface area contributed by atoms with Crippen molar-refractivity contribution in [3.05, 3.63) is 72.4 Å². The number of carbonyl (C=O) groups is 2. The second-order valence-electron chi connectivity index (χ2n) is 9.15. The molecule has 11 N–H and O–H groups in total. The van der Waals surface area contributed by atoms with Gasteiger partial charge >= 0.3 is 0 Å². The molecule has 2 amide bonds. The predicted octanol–water partition coefficient (Wildman–Crippen LogP) is 1.13. The second-order valence-corrected chi connectivity index (χ2v) is 9.15. The molecule has 210 valence electrons. The maximum Gasteiger partial charge on any atom is 0.242 e. The number of nitrogens with one attached hydrogen (secondary N) is 7. The van der Waals surface area contributed by atoms with Crippen molar-refractivity contribution < 1.29 is 9.59 Å². The van der Waals surface area contributed by atoms with Gasteiger partial charge in [-0.15, -0.1) is 0 Å². The molecule has 2 rings (SSSR count). The highest BCUT2D eigenvalue weighted by molar-refractivity contribution is 5.82. The van der Waals surface area contributed by atoms with E-state index in [1.54, 1.807) is 0 Å². The molecule has 0 aliphatic heterocycles. The summed E-state index contributed by atoms with van der Waals surface area (Å²) in [7, 11) is 0. The zero-order chi connectivity index (χ0) is 28.5. The number of rotatable bonds is 18. The summed E-state index contributed by atoms with van der Waals surface area (Å²) in [6, 6.07) is 17.2. The van der Waals surface area contributed by atoms with Gasteiger partial charge in [-0.3, -0.25) is 20.4 Å². The lowest BCUT2D eigenvalue weighted by molar-refractivity contribution is -0.123. The van der Waals surface area contributed by atoms with E-state index in [0.29, 0.717) is 51.0 Å². The monoisotopic (exact) mass is 535 g/mol. The highest BCUT2D eigenvalue weighted by atomic mass is 16.2. The fraction of sp³-hybridized carbons (Fsp3) is 0.357. The Kier molecular flexibility index (Phi) is 13.4. The molecule has 2 aromatic rings. The SMILES string of the molecule is C=C(N[C@@H](Cc1ccc(-c2ccccc2)cc1)C(=O)NCCCCNC(=N)N)[C@H](CCCNC(=N)N)NC=O. The largest absolute Gasteiger partial charge is 0.376 e. The van der Waals surface area contributed by atoms with Crippen molar-refractivity contribution in [3.63, 3.8) is 0 Å². The zero-order valence-corrected chi connectivity index (χ0v) is 22.3. The Morgan fingerprint density at radius 3 is 1.97 bits per heavy atom. The van der Waals surface area contributed by atoms with Crippen molar-refractivity contribution in [2.45, 2.75) is 44.2 Å². The number of carbonyl (C=O) groups excluding carboxylic acids is 2. The van der Waals surface area contributed by atoms with E-state index >= 15 is 0 Å². The smallest absolute Gasteiger partial charge is 0.242 e. The van der Waals surface area contributed by atoms with Crippen molar-refractivity contribution in [1.29, 1.82) is 10.8 Å². The first-order valence-electron chi connectivity index (χ1n) is 13.0. The number of nitrogens with two attached hydrogens (primary N) is 2. The summed E-state index contributed by atoms with van der Waals surface area (Å²) in [6.45, 7) is 5.62. The molecule has 0 saturated heterocycles.